The molecule has 4 heteroatoms. The zero-order valence-corrected chi connectivity index (χ0v) is 10.9. The van der Waals surface area contributed by atoms with Crippen LogP contribution in [0.3, 0.4) is 0 Å². The molecule has 1 aliphatic rings. The van der Waals surface area contributed by atoms with E-state index < -0.39 is 5.60 Å². The van der Waals surface area contributed by atoms with Gasteiger partial charge in [0, 0.05) is 11.5 Å². The molecule has 1 aromatic heterocycles. The molecule has 0 bridgehead atoms. The molecular weight excluding hydrogens is 236 g/mol. The summed E-state index contributed by atoms with van der Waals surface area (Å²) >= 11 is 1.59. The molecular formula is C13H16O3S. The van der Waals surface area contributed by atoms with E-state index >= 15 is 0 Å². The summed E-state index contributed by atoms with van der Waals surface area (Å²) in [5.41, 5.74) is -0.218. The van der Waals surface area contributed by atoms with Crippen LogP contribution < -0.4 is 0 Å². The summed E-state index contributed by atoms with van der Waals surface area (Å²) < 4.78 is 11.1. The van der Waals surface area contributed by atoms with Crippen molar-refractivity contribution in [1.29, 1.82) is 0 Å². The minimum atomic E-state index is -0.635. The molecule has 0 aromatic carbocycles. The van der Waals surface area contributed by atoms with Gasteiger partial charge in [-0.05, 0) is 18.4 Å². The van der Waals surface area contributed by atoms with E-state index in [4.69, 9.17) is 9.47 Å². The molecule has 0 amide bonds. The van der Waals surface area contributed by atoms with Gasteiger partial charge in [0.1, 0.15) is 0 Å². The summed E-state index contributed by atoms with van der Waals surface area (Å²) in [7, 11) is 0. The molecule has 0 N–H and O–H groups in total. The average molecular weight is 252 g/mol. The number of rotatable bonds is 3. The normalized spacial score (nSPS) is 28.0. The minimum Gasteiger partial charge on any atom is -0.447 e. The fourth-order valence-corrected chi connectivity index (χ4v) is 2.89. The summed E-state index contributed by atoms with van der Waals surface area (Å²) in [4.78, 5) is 12.8. The van der Waals surface area contributed by atoms with Gasteiger partial charge in [-0.25, -0.2) is 4.79 Å². The Morgan fingerprint density at radius 3 is 2.94 bits per heavy atom. The van der Waals surface area contributed by atoms with Crippen LogP contribution in [0.25, 0.3) is 0 Å². The maximum Gasteiger partial charge on any atom is 0.334 e. The third-order valence-electron chi connectivity index (χ3n) is 3.04. The maximum atomic E-state index is 11.8. The zero-order chi connectivity index (χ0) is 12.5. The number of carbonyl (C=O) groups is 1. The van der Waals surface area contributed by atoms with E-state index in [1.165, 1.54) is 0 Å². The monoisotopic (exact) mass is 252 g/mol. The molecule has 1 aliphatic heterocycles. The highest BCUT2D eigenvalue weighted by molar-refractivity contribution is 7.10. The Morgan fingerprint density at radius 1 is 1.71 bits per heavy atom. The highest BCUT2D eigenvalue weighted by atomic mass is 32.1. The molecule has 0 aliphatic carbocycles. The molecule has 2 unspecified atom stereocenters. The van der Waals surface area contributed by atoms with Crippen molar-refractivity contribution in [2.45, 2.75) is 19.4 Å². The summed E-state index contributed by atoms with van der Waals surface area (Å²) in [6.45, 7) is 8.36. The van der Waals surface area contributed by atoms with Crippen molar-refractivity contribution >= 4 is 17.3 Å². The van der Waals surface area contributed by atoms with Gasteiger partial charge in [0.05, 0.1) is 18.1 Å². The van der Waals surface area contributed by atoms with Gasteiger partial charge in [0.2, 0.25) is 0 Å². The Labute approximate surface area is 105 Å². The molecule has 92 valence electrons. The lowest BCUT2D eigenvalue weighted by Gasteiger charge is -2.30. The second-order valence-electron chi connectivity index (χ2n) is 4.45. The molecule has 2 heterocycles. The van der Waals surface area contributed by atoms with E-state index in [-0.39, 0.29) is 11.9 Å². The summed E-state index contributed by atoms with van der Waals surface area (Å²) in [6.07, 6.45) is 0. The van der Waals surface area contributed by atoms with Crippen molar-refractivity contribution in [1.82, 2.24) is 0 Å². The van der Waals surface area contributed by atoms with E-state index in [2.05, 4.69) is 6.58 Å². The molecule has 0 spiro atoms. The van der Waals surface area contributed by atoms with Crippen LogP contribution in [0.4, 0.5) is 0 Å². The third kappa shape index (κ3) is 2.15. The number of carbonyl (C=O) groups excluding carboxylic acids is 1. The maximum absolute atomic E-state index is 11.8. The highest BCUT2D eigenvalue weighted by Crippen LogP contribution is 2.41. The van der Waals surface area contributed by atoms with Gasteiger partial charge in [0.25, 0.3) is 0 Å². The van der Waals surface area contributed by atoms with Crippen LogP contribution >= 0.6 is 11.3 Å². The van der Waals surface area contributed by atoms with Crippen molar-refractivity contribution in [3.8, 4) is 0 Å². The second-order valence-corrected chi connectivity index (χ2v) is 5.40. The van der Waals surface area contributed by atoms with Crippen LogP contribution in [0.2, 0.25) is 0 Å². The molecule has 2 atom stereocenters. The first-order valence-corrected chi connectivity index (χ1v) is 6.45. The SMILES string of the molecule is C=C(C)C(=O)OC1(c2cccs2)COCC1C. The number of ether oxygens (including phenoxy) is 2. The van der Waals surface area contributed by atoms with Gasteiger partial charge >= 0.3 is 5.97 Å². The summed E-state index contributed by atoms with van der Waals surface area (Å²) in [5.74, 6) is -0.194. The van der Waals surface area contributed by atoms with E-state index in [9.17, 15) is 4.79 Å². The standard InChI is InChI=1S/C13H16O3S/c1-9(2)12(14)16-13(8-15-7-10(13)3)11-5-4-6-17-11/h4-6,10H,1,7-8H2,2-3H3. The largest absolute Gasteiger partial charge is 0.447 e. The zero-order valence-electron chi connectivity index (χ0n) is 10.1. The van der Waals surface area contributed by atoms with Gasteiger partial charge in [-0.3, -0.25) is 0 Å². The van der Waals surface area contributed by atoms with Gasteiger partial charge in [-0.15, -0.1) is 11.3 Å². The number of hydrogen-bond donors (Lipinski definition) is 0. The predicted molar refractivity (Wildman–Crippen MR) is 66.9 cm³/mol. The van der Waals surface area contributed by atoms with E-state index in [0.717, 1.165) is 4.88 Å². The van der Waals surface area contributed by atoms with E-state index in [0.29, 0.717) is 18.8 Å². The molecule has 1 saturated heterocycles. The fraction of sp³-hybridized carbons (Fsp3) is 0.462. The van der Waals surface area contributed by atoms with Crippen LogP contribution in [0.15, 0.2) is 29.7 Å². The Hall–Kier alpha value is -1.13. The number of esters is 1. The van der Waals surface area contributed by atoms with Crippen molar-refractivity contribution < 1.29 is 14.3 Å². The predicted octanol–water partition coefficient (Wildman–Crippen LogP) is 2.73. The van der Waals surface area contributed by atoms with Crippen molar-refractivity contribution in [3.05, 3.63) is 34.5 Å². The third-order valence-corrected chi connectivity index (χ3v) is 4.07. The number of hydrogen-bond acceptors (Lipinski definition) is 4. The van der Waals surface area contributed by atoms with E-state index in [1.807, 2.05) is 24.4 Å². The fourth-order valence-electron chi connectivity index (χ4n) is 1.93. The van der Waals surface area contributed by atoms with Gasteiger partial charge in [0.15, 0.2) is 5.60 Å². The lowest BCUT2D eigenvalue weighted by molar-refractivity contribution is -0.159. The minimum absolute atomic E-state index is 0.157. The molecule has 1 fully saturated rings. The molecule has 0 radical (unpaired) electrons. The molecule has 2 rings (SSSR count). The first kappa shape index (κ1) is 12.3. The Balaban J connectivity index is 2.32. The Morgan fingerprint density at radius 2 is 2.47 bits per heavy atom. The highest BCUT2D eigenvalue weighted by Gasteiger charge is 2.47. The number of thiophene rings is 1. The van der Waals surface area contributed by atoms with Crippen molar-refractivity contribution in [3.63, 3.8) is 0 Å². The Kier molecular flexibility index (Phi) is 3.35. The van der Waals surface area contributed by atoms with Crippen LogP contribution in [0.5, 0.6) is 0 Å². The van der Waals surface area contributed by atoms with Crippen LogP contribution in [-0.4, -0.2) is 19.2 Å². The van der Waals surface area contributed by atoms with Crippen molar-refractivity contribution in [2.24, 2.45) is 5.92 Å². The molecule has 3 nitrogen and oxygen atoms in total. The lowest BCUT2D eigenvalue weighted by atomic mass is 9.90. The quantitative estimate of drug-likeness (QED) is 0.613. The smallest absolute Gasteiger partial charge is 0.334 e. The summed E-state index contributed by atoms with van der Waals surface area (Å²) in [6, 6.07) is 3.95. The first-order valence-electron chi connectivity index (χ1n) is 5.57. The van der Waals surface area contributed by atoms with Crippen LogP contribution in [0, 0.1) is 5.92 Å². The average Bonchev–Trinajstić information content (AvgIpc) is 2.89. The van der Waals surface area contributed by atoms with Gasteiger partial charge < -0.3 is 9.47 Å². The lowest BCUT2D eigenvalue weighted by Crippen LogP contribution is -2.37. The van der Waals surface area contributed by atoms with Crippen LogP contribution in [0.1, 0.15) is 18.7 Å². The van der Waals surface area contributed by atoms with E-state index in [1.54, 1.807) is 18.3 Å². The molecule has 1 aromatic rings. The summed E-state index contributed by atoms with van der Waals surface area (Å²) in [5, 5.41) is 1.98. The Bertz CT molecular complexity index is 424. The van der Waals surface area contributed by atoms with Gasteiger partial charge in [-0.1, -0.05) is 19.6 Å². The second kappa shape index (κ2) is 4.63. The topological polar surface area (TPSA) is 35.5 Å². The van der Waals surface area contributed by atoms with Crippen molar-refractivity contribution in [2.75, 3.05) is 13.2 Å². The van der Waals surface area contributed by atoms with Gasteiger partial charge in [-0.2, -0.15) is 0 Å². The first-order chi connectivity index (χ1) is 8.06. The van der Waals surface area contributed by atoms with Crippen LogP contribution in [-0.2, 0) is 19.9 Å². The molecule has 17 heavy (non-hydrogen) atoms. The molecule has 0 saturated carbocycles.